The molecule has 2 N–H and O–H groups in total. The minimum atomic E-state index is 0.569. The summed E-state index contributed by atoms with van der Waals surface area (Å²) in [5.41, 5.74) is 2.96. The van der Waals surface area contributed by atoms with Crippen LogP contribution in [0.4, 0.5) is 0 Å². The maximum atomic E-state index is 3.58. The first-order chi connectivity index (χ1) is 8.40. The van der Waals surface area contributed by atoms with Gasteiger partial charge < -0.3 is 10.6 Å². The number of benzene rings is 1. The van der Waals surface area contributed by atoms with Crippen LogP contribution in [-0.2, 0) is 13.0 Å². The zero-order chi connectivity index (χ0) is 11.9. The van der Waals surface area contributed by atoms with E-state index >= 15 is 0 Å². The maximum Gasteiger partial charge on any atom is 0.0236 e. The maximum absolute atomic E-state index is 3.58. The van der Waals surface area contributed by atoms with E-state index in [1.54, 1.807) is 0 Å². The molecule has 0 bridgehead atoms. The molecule has 1 aliphatic rings. The molecule has 1 aromatic rings. The molecule has 92 valence electrons. The van der Waals surface area contributed by atoms with Crippen molar-refractivity contribution in [2.45, 2.75) is 32.4 Å². The monoisotopic (exact) mass is 230 g/mol. The lowest BCUT2D eigenvalue weighted by Crippen LogP contribution is -2.42. The van der Waals surface area contributed by atoms with E-state index in [9.17, 15) is 0 Å². The van der Waals surface area contributed by atoms with Crippen LogP contribution in [-0.4, -0.2) is 19.1 Å². The van der Waals surface area contributed by atoms with Crippen LogP contribution in [0.1, 0.15) is 24.5 Å². The Hall–Kier alpha value is -1.12. The number of allylic oxidation sites excluding steroid dienone is 1. The smallest absolute Gasteiger partial charge is 0.0236 e. The van der Waals surface area contributed by atoms with Crippen molar-refractivity contribution in [3.05, 3.63) is 47.5 Å². The van der Waals surface area contributed by atoms with Crippen LogP contribution in [0.2, 0.25) is 0 Å². The van der Waals surface area contributed by atoms with Crippen LogP contribution in [0, 0.1) is 0 Å². The average molecular weight is 230 g/mol. The molecule has 0 saturated carbocycles. The van der Waals surface area contributed by atoms with Gasteiger partial charge in [0.25, 0.3) is 0 Å². The van der Waals surface area contributed by atoms with Crippen molar-refractivity contribution in [3.8, 4) is 0 Å². The van der Waals surface area contributed by atoms with E-state index in [-0.39, 0.29) is 0 Å². The predicted molar refractivity (Wildman–Crippen MR) is 73.1 cm³/mol. The first-order valence-corrected chi connectivity index (χ1v) is 6.56. The van der Waals surface area contributed by atoms with E-state index in [0.717, 1.165) is 32.5 Å². The highest BCUT2D eigenvalue weighted by molar-refractivity contribution is 5.29. The molecule has 0 amide bonds. The fourth-order valence-electron chi connectivity index (χ4n) is 2.26. The molecule has 0 fully saturated rings. The van der Waals surface area contributed by atoms with E-state index in [4.69, 9.17) is 0 Å². The lowest BCUT2D eigenvalue weighted by Gasteiger charge is -2.26. The van der Waals surface area contributed by atoms with Crippen molar-refractivity contribution in [3.63, 3.8) is 0 Å². The fraction of sp³-hybridized carbons (Fsp3) is 0.467. The molecule has 1 heterocycles. The molecule has 2 rings (SSSR count). The summed E-state index contributed by atoms with van der Waals surface area (Å²) in [6.07, 6.45) is 6.67. The van der Waals surface area contributed by atoms with Crippen LogP contribution in [0.25, 0.3) is 0 Å². The molecule has 2 nitrogen and oxygen atoms in total. The molecule has 0 radical (unpaired) electrons. The Morgan fingerprint density at radius 2 is 2.12 bits per heavy atom. The third kappa shape index (κ3) is 3.69. The lowest BCUT2D eigenvalue weighted by atomic mass is 9.96. The minimum Gasteiger partial charge on any atom is -0.312 e. The fourth-order valence-corrected chi connectivity index (χ4v) is 2.26. The second-order valence-electron chi connectivity index (χ2n) is 4.59. The Balaban J connectivity index is 1.76. The number of fused-ring (bicyclic) bond motifs is 1. The topological polar surface area (TPSA) is 24.1 Å². The highest BCUT2D eigenvalue weighted by Gasteiger charge is 2.16. The van der Waals surface area contributed by atoms with Crippen molar-refractivity contribution < 1.29 is 0 Å². The summed E-state index contributed by atoms with van der Waals surface area (Å²) in [6.45, 7) is 5.19. The number of nitrogens with one attached hydrogen (secondary N) is 2. The predicted octanol–water partition coefficient (Wildman–Crippen LogP) is 2.26. The minimum absolute atomic E-state index is 0.569. The van der Waals surface area contributed by atoms with Crippen molar-refractivity contribution in [1.82, 2.24) is 10.6 Å². The Morgan fingerprint density at radius 3 is 2.94 bits per heavy atom. The largest absolute Gasteiger partial charge is 0.312 e. The summed E-state index contributed by atoms with van der Waals surface area (Å²) >= 11 is 0. The van der Waals surface area contributed by atoms with E-state index in [0.29, 0.717) is 6.04 Å². The van der Waals surface area contributed by atoms with Crippen LogP contribution >= 0.6 is 0 Å². The quantitative estimate of drug-likeness (QED) is 0.599. The Labute approximate surface area is 104 Å². The van der Waals surface area contributed by atoms with Gasteiger partial charge in [-0.2, -0.15) is 0 Å². The van der Waals surface area contributed by atoms with Gasteiger partial charge in [0.1, 0.15) is 0 Å². The van der Waals surface area contributed by atoms with Gasteiger partial charge in [0.2, 0.25) is 0 Å². The van der Waals surface area contributed by atoms with E-state index in [2.05, 4.69) is 54.0 Å². The standard InChI is InChI=1S/C15H22N2/c1-2-3-6-9-16-12-15-10-13-7-4-5-8-14(13)11-17-15/h3-8,15-17H,2,9-12H2,1H3/b6-3+. The molecule has 0 saturated heterocycles. The molecular weight excluding hydrogens is 208 g/mol. The van der Waals surface area contributed by atoms with Gasteiger partial charge in [-0.15, -0.1) is 0 Å². The van der Waals surface area contributed by atoms with Crippen molar-refractivity contribution in [2.24, 2.45) is 0 Å². The third-order valence-electron chi connectivity index (χ3n) is 3.22. The molecule has 0 spiro atoms. The van der Waals surface area contributed by atoms with Gasteiger partial charge in [0.05, 0.1) is 0 Å². The third-order valence-corrected chi connectivity index (χ3v) is 3.22. The molecular formula is C15H22N2. The zero-order valence-electron chi connectivity index (χ0n) is 10.6. The van der Waals surface area contributed by atoms with Gasteiger partial charge in [-0.1, -0.05) is 43.3 Å². The van der Waals surface area contributed by atoms with Crippen LogP contribution in [0.5, 0.6) is 0 Å². The number of rotatable bonds is 5. The molecule has 17 heavy (non-hydrogen) atoms. The van der Waals surface area contributed by atoms with Gasteiger partial charge in [-0.3, -0.25) is 0 Å². The summed E-state index contributed by atoms with van der Waals surface area (Å²) in [6, 6.07) is 9.29. The molecule has 0 aliphatic carbocycles. The van der Waals surface area contributed by atoms with Crippen molar-refractivity contribution in [1.29, 1.82) is 0 Å². The van der Waals surface area contributed by atoms with E-state index < -0.39 is 0 Å². The van der Waals surface area contributed by atoms with Crippen LogP contribution in [0.3, 0.4) is 0 Å². The first kappa shape index (κ1) is 12.3. The number of hydrogen-bond acceptors (Lipinski definition) is 2. The molecule has 1 aromatic carbocycles. The van der Waals surface area contributed by atoms with Gasteiger partial charge in [-0.05, 0) is 24.0 Å². The Kier molecular flexibility index (Phi) is 4.77. The van der Waals surface area contributed by atoms with E-state index in [1.807, 2.05) is 0 Å². The van der Waals surface area contributed by atoms with Gasteiger partial charge in [0.15, 0.2) is 0 Å². The van der Waals surface area contributed by atoms with Crippen molar-refractivity contribution >= 4 is 0 Å². The van der Waals surface area contributed by atoms with Gasteiger partial charge in [0, 0.05) is 25.7 Å². The summed E-state index contributed by atoms with van der Waals surface area (Å²) in [5, 5.41) is 7.05. The van der Waals surface area contributed by atoms with Crippen molar-refractivity contribution in [2.75, 3.05) is 13.1 Å². The van der Waals surface area contributed by atoms with Crippen LogP contribution < -0.4 is 10.6 Å². The summed E-state index contributed by atoms with van der Waals surface area (Å²) in [5.74, 6) is 0. The summed E-state index contributed by atoms with van der Waals surface area (Å²) in [7, 11) is 0. The van der Waals surface area contributed by atoms with Gasteiger partial charge in [-0.25, -0.2) is 0 Å². The SMILES string of the molecule is CC/C=C/CNCC1Cc2ccccc2CN1. The number of hydrogen-bond donors (Lipinski definition) is 2. The molecule has 0 aromatic heterocycles. The van der Waals surface area contributed by atoms with Crippen LogP contribution in [0.15, 0.2) is 36.4 Å². The summed E-state index contributed by atoms with van der Waals surface area (Å²) in [4.78, 5) is 0. The van der Waals surface area contributed by atoms with E-state index in [1.165, 1.54) is 11.1 Å². The molecule has 1 unspecified atom stereocenters. The van der Waals surface area contributed by atoms with Gasteiger partial charge >= 0.3 is 0 Å². The highest BCUT2D eigenvalue weighted by Crippen LogP contribution is 2.15. The Bertz CT molecular complexity index is 371. The average Bonchev–Trinajstić information content (AvgIpc) is 2.38. The Morgan fingerprint density at radius 1 is 1.29 bits per heavy atom. The highest BCUT2D eigenvalue weighted by atomic mass is 15.0. The zero-order valence-corrected chi connectivity index (χ0v) is 10.6. The summed E-state index contributed by atoms with van der Waals surface area (Å²) < 4.78 is 0. The first-order valence-electron chi connectivity index (χ1n) is 6.56. The molecule has 1 aliphatic heterocycles. The molecule has 1 atom stereocenters. The second-order valence-corrected chi connectivity index (χ2v) is 4.59. The normalized spacial score (nSPS) is 19.5. The molecule has 2 heteroatoms. The lowest BCUT2D eigenvalue weighted by molar-refractivity contribution is 0.456. The second kappa shape index (κ2) is 6.58.